The first-order valence-corrected chi connectivity index (χ1v) is 5.75. The van der Waals surface area contributed by atoms with Gasteiger partial charge in [0.05, 0.1) is 24.7 Å². The Labute approximate surface area is 104 Å². The summed E-state index contributed by atoms with van der Waals surface area (Å²) in [6.45, 7) is 0.604. The van der Waals surface area contributed by atoms with E-state index in [0.717, 1.165) is 24.2 Å². The zero-order valence-corrected chi connectivity index (χ0v) is 9.67. The summed E-state index contributed by atoms with van der Waals surface area (Å²) in [6, 6.07) is 4.78. The van der Waals surface area contributed by atoms with Gasteiger partial charge in [-0.25, -0.2) is 9.37 Å². The van der Waals surface area contributed by atoms with Crippen LogP contribution in [0, 0.1) is 5.82 Å². The smallest absolute Gasteiger partial charge is 0.151 e. The molecule has 18 heavy (non-hydrogen) atoms. The molecule has 0 atom stereocenters. The largest absolute Gasteiger partial charge is 0.390 e. The van der Waals surface area contributed by atoms with E-state index >= 15 is 0 Å². The number of halogens is 1. The molecule has 2 aromatic rings. The molecule has 0 radical (unpaired) electrons. The van der Waals surface area contributed by atoms with Gasteiger partial charge in [0.1, 0.15) is 5.82 Å². The van der Waals surface area contributed by atoms with E-state index in [4.69, 9.17) is 5.11 Å². The van der Waals surface area contributed by atoms with Gasteiger partial charge in [-0.15, -0.1) is 0 Å². The predicted octanol–water partition coefficient (Wildman–Crippen LogP) is 1.80. The molecule has 5 heteroatoms. The van der Waals surface area contributed by atoms with Crippen molar-refractivity contribution in [2.24, 2.45) is 0 Å². The van der Waals surface area contributed by atoms with E-state index in [2.05, 4.69) is 9.97 Å². The van der Waals surface area contributed by atoms with Crippen molar-refractivity contribution in [3.8, 4) is 0 Å². The summed E-state index contributed by atoms with van der Waals surface area (Å²) in [5.74, 6) is 0.387. The first kappa shape index (κ1) is 11.1. The van der Waals surface area contributed by atoms with E-state index in [1.54, 1.807) is 12.3 Å². The van der Waals surface area contributed by atoms with Gasteiger partial charge in [-0.3, -0.25) is 4.98 Å². The summed E-state index contributed by atoms with van der Waals surface area (Å²) in [5.41, 5.74) is 2.45. The van der Waals surface area contributed by atoms with Crippen LogP contribution in [0.4, 0.5) is 15.9 Å². The highest BCUT2D eigenvalue weighted by Crippen LogP contribution is 2.33. The van der Waals surface area contributed by atoms with Gasteiger partial charge in [-0.05, 0) is 24.1 Å². The van der Waals surface area contributed by atoms with Crippen molar-refractivity contribution < 1.29 is 9.50 Å². The number of nitrogens with zero attached hydrogens (tertiary/aromatic N) is 3. The first-order chi connectivity index (χ1) is 8.78. The second kappa shape index (κ2) is 4.34. The third kappa shape index (κ3) is 1.82. The van der Waals surface area contributed by atoms with Gasteiger partial charge in [0.2, 0.25) is 0 Å². The summed E-state index contributed by atoms with van der Waals surface area (Å²) >= 11 is 0. The van der Waals surface area contributed by atoms with Crippen molar-refractivity contribution in [3.63, 3.8) is 0 Å². The molecule has 0 aliphatic carbocycles. The molecule has 0 bridgehead atoms. The second-order valence-electron chi connectivity index (χ2n) is 4.20. The molecular weight excluding hydrogens is 233 g/mol. The van der Waals surface area contributed by atoms with Crippen molar-refractivity contribution in [2.75, 3.05) is 11.4 Å². The van der Waals surface area contributed by atoms with Crippen LogP contribution in [0.1, 0.15) is 11.3 Å². The van der Waals surface area contributed by atoms with E-state index in [1.807, 2.05) is 4.90 Å². The minimum Gasteiger partial charge on any atom is -0.390 e. The molecule has 1 aromatic heterocycles. The van der Waals surface area contributed by atoms with E-state index in [9.17, 15) is 4.39 Å². The summed E-state index contributed by atoms with van der Waals surface area (Å²) < 4.78 is 13.3. The Morgan fingerprint density at radius 3 is 3.06 bits per heavy atom. The lowest BCUT2D eigenvalue weighted by atomic mass is 10.2. The predicted molar refractivity (Wildman–Crippen MR) is 65.1 cm³/mol. The Kier molecular flexibility index (Phi) is 2.68. The SMILES string of the molecule is OCc1cncc(N2CCc3ccc(F)cc32)n1. The van der Waals surface area contributed by atoms with E-state index in [0.29, 0.717) is 11.5 Å². The lowest BCUT2D eigenvalue weighted by molar-refractivity contribution is 0.276. The lowest BCUT2D eigenvalue weighted by Gasteiger charge is -2.18. The summed E-state index contributed by atoms with van der Waals surface area (Å²) in [6.07, 6.45) is 4.01. The van der Waals surface area contributed by atoms with Crippen LogP contribution in [0.5, 0.6) is 0 Å². The van der Waals surface area contributed by atoms with Gasteiger partial charge in [0.15, 0.2) is 5.82 Å². The normalized spacial score (nSPS) is 13.8. The molecule has 0 amide bonds. The van der Waals surface area contributed by atoms with E-state index in [1.165, 1.54) is 18.3 Å². The fourth-order valence-electron chi connectivity index (χ4n) is 2.19. The number of hydrogen-bond acceptors (Lipinski definition) is 4. The monoisotopic (exact) mass is 245 g/mol. The highest BCUT2D eigenvalue weighted by Gasteiger charge is 2.22. The highest BCUT2D eigenvalue weighted by molar-refractivity contribution is 5.67. The fraction of sp³-hybridized carbons (Fsp3) is 0.231. The zero-order valence-electron chi connectivity index (χ0n) is 9.67. The van der Waals surface area contributed by atoms with E-state index in [-0.39, 0.29) is 12.4 Å². The van der Waals surface area contributed by atoms with Gasteiger partial charge in [0, 0.05) is 12.2 Å². The van der Waals surface area contributed by atoms with Crippen molar-refractivity contribution in [1.82, 2.24) is 9.97 Å². The number of rotatable bonds is 2. The minimum atomic E-state index is -0.257. The molecule has 0 spiro atoms. The molecule has 0 fully saturated rings. The van der Waals surface area contributed by atoms with Crippen molar-refractivity contribution >= 4 is 11.5 Å². The van der Waals surface area contributed by atoms with Gasteiger partial charge < -0.3 is 10.0 Å². The summed E-state index contributed by atoms with van der Waals surface area (Å²) in [5, 5.41) is 9.06. The van der Waals surface area contributed by atoms with Crippen LogP contribution in [0.3, 0.4) is 0 Å². The van der Waals surface area contributed by atoms with Crippen LogP contribution in [-0.2, 0) is 13.0 Å². The number of anilines is 2. The molecule has 4 nitrogen and oxygen atoms in total. The molecule has 2 heterocycles. The molecule has 0 saturated carbocycles. The second-order valence-corrected chi connectivity index (χ2v) is 4.20. The molecule has 1 N–H and O–H groups in total. The van der Waals surface area contributed by atoms with Crippen LogP contribution in [0.15, 0.2) is 30.6 Å². The molecule has 1 aromatic carbocycles. The number of aliphatic hydroxyl groups excluding tert-OH is 1. The lowest BCUT2D eigenvalue weighted by Crippen LogP contribution is -2.15. The number of hydrogen-bond donors (Lipinski definition) is 1. The summed E-state index contributed by atoms with van der Waals surface area (Å²) in [4.78, 5) is 10.3. The van der Waals surface area contributed by atoms with Gasteiger partial charge in [-0.2, -0.15) is 0 Å². The zero-order chi connectivity index (χ0) is 12.5. The highest BCUT2D eigenvalue weighted by atomic mass is 19.1. The average Bonchev–Trinajstić information content (AvgIpc) is 2.81. The molecular formula is C13H12FN3O. The average molecular weight is 245 g/mol. The number of benzene rings is 1. The molecule has 1 aliphatic heterocycles. The maximum Gasteiger partial charge on any atom is 0.151 e. The standard InChI is InChI=1S/C13H12FN3O/c14-10-2-1-9-3-4-17(12(9)5-10)13-7-15-6-11(8-18)16-13/h1-2,5-7,18H,3-4,8H2. The molecule has 3 rings (SSSR count). The van der Waals surface area contributed by atoms with Crippen molar-refractivity contribution in [2.45, 2.75) is 13.0 Å². The third-order valence-corrected chi connectivity index (χ3v) is 3.05. The maximum atomic E-state index is 13.3. The Morgan fingerprint density at radius 1 is 1.33 bits per heavy atom. The molecule has 1 aliphatic rings. The number of aromatic nitrogens is 2. The molecule has 0 unspecified atom stereocenters. The number of aliphatic hydroxyl groups is 1. The summed E-state index contributed by atoms with van der Waals surface area (Å²) in [7, 11) is 0. The Balaban J connectivity index is 2.02. The van der Waals surface area contributed by atoms with Crippen LogP contribution in [0.2, 0.25) is 0 Å². The molecule has 92 valence electrons. The van der Waals surface area contributed by atoms with Crippen LogP contribution < -0.4 is 4.90 Å². The van der Waals surface area contributed by atoms with E-state index < -0.39 is 0 Å². The van der Waals surface area contributed by atoms with Crippen LogP contribution in [0.25, 0.3) is 0 Å². The van der Waals surface area contributed by atoms with Gasteiger partial charge in [0.25, 0.3) is 0 Å². The Morgan fingerprint density at radius 2 is 2.22 bits per heavy atom. The minimum absolute atomic E-state index is 0.148. The number of fused-ring (bicyclic) bond motifs is 1. The van der Waals surface area contributed by atoms with Crippen molar-refractivity contribution in [3.05, 3.63) is 47.7 Å². The first-order valence-electron chi connectivity index (χ1n) is 5.75. The quantitative estimate of drug-likeness (QED) is 0.876. The third-order valence-electron chi connectivity index (χ3n) is 3.05. The van der Waals surface area contributed by atoms with Crippen LogP contribution >= 0.6 is 0 Å². The topological polar surface area (TPSA) is 49.3 Å². The van der Waals surface area contributed by atoms with Crippen molar-refractivity contribution in [1.29, 1.82) is 0 Å². The molecule has 0 saturated heterocycles. The van der Waals surface area contributed by atoms with Gasteiger partial charge in [-0.1, -0.05) is 6.07 Å². The van der Waals surface area contributed by atoms with Crippen LogP contribution in [-0.4, -0.2) is 21.6 Å². The Hall–Kier alpha value is -2.01. The fourth-order valence-corrected chi connectivity index (χ4v) is 2.19. The Bertz CT molecular complexity index is 588. The van der Waals surface area contributed by atoms with Gasteiger partial charge >= 0.3 is 0 Å². The maximum absolute atomic E-state index is 13.3.